The van der Waals surface area contributed by atoms with Gasteiger partial charge in [-0.05, 0) is 31.0 Å². The number of methoxy groups -OCH3 is 1. The number of amides is 1. The monoisotopic (exact) mass is 290 g/mol. The first-order chi connectivity index (χ1) is 10.2. The van der Waals surface area contributed by atoms with Crippen LogP contribution < -0.4 is 10.5 Å². The van der Waals surface area contributed by atoms with Gasteiger partial charge in [-0.25, -0.2) is 0 Å². The molecule has 2 atom stereocenters. The van der Waals surface area contributed by atoms with E-state index in [0.29, 0.717) is 30.2 Å². The highest BCUT2D eigenvalue weighted by Crippen LogP contribution is 2.31. The van der Waals surface area contributed by atoms with E-state index in [9.17, 15) is 4.79 Å². The summed E-state index contributed by atoms with van der Waals surface area (Å²) in [6.07, 6.45) is 4.58. The molecule has 5 nitrogen and oxygen atoms in total. The minimum absolute atomic E-state index is 0.00778. The molecule has 0 spiro atoms. The second kappa shape index (κ2) is 5.93. The predicted octanol–water partition coefficient (Wildman–Crippen LogP) is 2.06. The Morgan fingerprint density at radius 1 is 1.38 bits per heavy atom. The van der Waals surface area contributed by atoms with Crippen LogP contribution in [0.2, 0.25) is 0 Å². The van der Waals surface area contributed by atoms with Crippen LogP contribution in [0.3, 0.4) is 0 Å². The molecule has 1 aliphatic carbocycles. The molecule has 2 aliphatic rings. The molecule has 0 aromatic heterocycles. The molecule has 0 bridgehead atoms. The third-order valence-corrected chi connectivity index (χ3v) is 4.48. The molecular weight excluding hydrogens is 268 g/mol. The number of rotatable bonds is 2. The fourth-order valence-corrected chi connectivity index (χ4v) is 3.35. The lowest BCUT2D eigenvalue weighted by molar-refractivity contribution is -0.0752. The maximum Gasteiger partial charge on any atom is 0.256 e. The van der Waals surface area contributed by atoms with Crippen LogP contribution in [0.25, 0.3) is 0 Å². The first-order valence-electron chi connectivity index (χ1n) is 7.57. The van der Waals surface area contributed by atoms with Crippen LogP contribution in [-0.2, 0) is 4.74 Å². The van der Waals surface area contributed by atoms with Gasteiger partial charge in [0.15, 0.2) is 0 Å². The third-order valence-electron chi connectivity index (χ3n) is 4.48. The molecule has 2 N–H and O–H groups in total. The number of morpholine rings is 1. The van der Waals surface area contributed by atoms with Crippen molar-refractivity contribution in [1.29, 1.82) is 0 Å². The highest BCUT2D eigenvalue weighted by Gasteiger charge is 2.37. The summed E-state index contributed by atoms with van der Waals surface area (Å²) in [6.45, 7) is 1.24. The minimum Gasteiger partial charge on any atom is -0.497 e. The summed E-state index contributed by atoms with van der Waals surface area (Å²) in [5.41, 5.74) is 7.01. The van der Waals surface area contributed by atoms with Crippen LogP contribution in [0.4, 0.5) is 5.69 Å². The lowest BCUT2D eigenvalue weighted by atomic mass is 9.89. The Balaban J connectivity index is 1.86. The second-order valence-electron chi connectivity index (χ2n) is 5.71. The summed E-state index contributed by atoms with van der Waals surface area (Å²) in [6, 6.07) is 5.41. The van der Waals surface area contributed by atoms with Gasteiger partial charge in [0.25, 0.3) is 5.91 Å². The molecule has 114 valence electrons. The third kappa shape index (κ3) is 2.70. The van der Waals surface area contributed by atoms with Crippen molar-refractivity contribution in [2.75, 3.05) is 26.0 Å². The Kier molecular flexibility index (Phi) is 4.01. The van der Waals surface area contributed by atoms with Crippen LogP contribution >= 0.6 is 0 Å². The van der Waals surface area contributed by atoms with Gasteiger partial charge < -0.3 is 20.1 Å². The van der Waals surface area contributed by atoms with Crippen LogP contribution in [0.15, 0.2) is 18.2 Å². The van der Waals surface area contributed by atoms with E-state index in [1.807, 2.05) is 4.90 Å². The van der Waals surface area contributed by atoms with E-state index in [1.54, 1.807) is 25.3 Å². The van der Waals surface area contributed by atoms with E-state index in [-0.39, 0.29) is 18.1 Å². The van der Waals surface area contributed by atoms with E-state index < -0.39 is 0 Å². The number of ether oxygens (including phenoxy) is 2. The van der Waals surface area contributed by atoms with Crippen LogP contribution in [-0.4, -0.2) is 43.2 Å². The molecule has 5 heteroatoms. The summed E-state index contributed by atoms with van der Waals surface area (Å²) in [4.78, 5) is 14.8. The molecule has 1 amide bonds. The van der Waals surface area contributed by atoms with E-state index in [4.69, 9.17) is 15.2 Å². The zero-order valence-electron chi connectivity index (χ0n) is 12.4. The molecule has 1 aliphatic heterocycles. The van der Waals surface area contributed by atoms with Crippen molar-refractivity contribution in [3.63, 3.8) is 0 Å². The van der Waals surface area contributed by atoms with Crippen molar-refractivity contribution in [3.8, 4) is 5.75 Å². The highest BCUT2D eigenvalue weighted by molar-refractivity contribution is 5.99. The topological polar surface area (TPSA) is 64.8 Å². The maximum absolute atomic E-state index is 12.9. The molecule has 0 radical (unpaired) electrons. The fraction of sp³-hybridized carbons (Fsp3) is 0.562. The van der Waals surface area contributed by atoms with Gasteiger partial charge in [-0.15, -0.1) is 0 Å². The predicted molar refractivity (Wildman–Crippen MR) is 80.4 cm³/mol. The fourth-order valence-electron chi connectivity index (χ4n) is 3.35. The average molecular weight is 290 g/mol. The van der Waals surface area contributed by atoms with Gasteiger partial charge in [-0.1, -0.05) is 12.8 Å². The zero-order chi connectivity index (χ0) is 14.8. The SMILES string of the molecule is COc1ccc(N)c(C(=O)N2CCOC3CCCCC32)c1. The first kappa shape index (κ1) is 14.2. The highest BCUT2D eigenvalue weighted by atomic mass is 16.5. The number of fused-ring (bicyclic) bond motifs is 1. The van der Waals surface area contributed by atoms with Crippen LogP contribution in [0.5, 0.6) is 5.75 Å². The van der Waals surface area contributed by atoms with Gasteiger partial charge in [0.05, 0.1) is 31.4 Å². The number of carbonyl (C=O) groups excluding carboxylic acids is 1. The van der Waals surface area contributed by atoms with E-state index in [2.05, 4.69) is 0 Å². The molecule has 1 aromatic carbocycles. The van der Waals surface area contributed by atoms with Crippen LogP contribution in [0.1, 0.15) is 36.0 Å². The summed E-state index contributed by atoms with van der Waals surface area (Å²) in [7, 11) is 1.59. The summed E-state index contributed by atoms with van der Waals surface area (Å²) < 4.78 is 11.0. The largest absolute Gasteiger partial charge is 0.497 e. The molecule has 3 rings (SSSR count). The molecule has 1 aromatic rings. The standard InChI is InChI=1S/C16H22N2O3/c1-20-11-6-7-13(17)12(10-11)16(19)18-8-9-21-15-5-3-2-4-14(15)18/h6-7,10,14-15H,2-5,8-9,17H2,1H3. The average Bonchev–Trinajstić information content (AvgIpc) is 2.54. The van der Waals surface area contributed by atoms with Crippen LogP contribution in [0, 0.1) is 0 Å². The number of carbonyl (C=O) groups is 1. The van der Waals surface area contributed by atoms with Crippen molar-refractivity contribution in [2.45, 2.75) is 37.8 Å². The molecule has 1 saturated heterocycles. The second-order valence-corrected chi connectivity index (χ2v) is 5.71. The molecule has 1 saturated carbocycles. The van der Waals surface area contributed by atoms with Crippen molar-refractivity contribution in [1.82, 2.24) is 4.90 Å². The maximum atomic E-state index is 12.9. The quantitative estimate of drug-likeness (QED) is 0.847. The number of nitrogen functional groups attached to an aromatic ring is 1. The van der Waals surface area contributed by atoms with Gasteiger partial charge in [-0.3, -0.25) is 4.79 Å². The Hall–Kier alpha value is -1.75. The molecule has 21 heavy (non-hydrogen) atoms. The zero-order valence-corrected chi connectivity index (χ0v) is 12.4. The lowest BCUT2D eigenvalue weighted by Crippen LogP contribution is -2.54. The Labute approximate surface area is 125 Å². The van der Waals surface area contributed by atoms with Crippen molar-refractivity contribution in [3.05, 3.63) is 23.8 Å². The molecular formula is C16H22N2O3. The minimum atomic E-state index is -0.00778. The Bertz CT molecular complexity index is 530. The van der Waals surface area contributed by atoms with Crippen molar-refractivity contribution < 1.29 is 14.3 Å². The van der Waals surface area contributed by atoms with Gasteiger partial charge >= 0.3 is 0 Å². The number of anilines is 1. The number of nitrogens with two attached hydrogens (primary N) is 1. The Morgan fingerprint density at radius 2 is 2.19 bits per heavy atom. The van der Waals surface area contributed by atoms with E-state index in [0.717, 1.165) is 19.3 Å². The smallest absolute Gasteiger partial charge is 0.256 e. The summed E-state index contributed by atoms with van der Waals surface area (Å²) in [5, 5.41) is 0. The summed E-state index contributed by atoms with van der Waals surface area (Å²) >= 11 is 0. The number of benzene rings is 1. The first-order valence-corrected chi connectivity index (χ1v) is 7.57. The normalized spacial score (nSPS) is 25.3. The molecule has 1 heterocycles. The van der Waals surface area contributed by atoms with E-state index >= 15 is 0 Å². The van der Waals surface area contributed by atoms with Gasteiger partial charge in [0, 0.05) is 12.2 Å². The number of nitrogens with zero attached hydrogens (tertiary/aromatic N) is 1. The Morgan fingerprint density at radius 3 is 3.00 bits per heavy atom. The van der Waals surface area contributed by atoms with Crippen molar-refractivity contribution >= 4 is 11.6 Å². The number of hydrogen-bond acceptors (Lipinski definition) is 4. The number of hydrogen-bond donors (Lipinski definition) is 1. The van der Waals surface area contributed by atoms with Gasteiger partial charge in [0.2, 0.25) is 0 Å². The molecule has 2 unspecified atom stereocenters. The lowest BCUT2D eigenvalue weighted by Gasteiger charge is -2.43. The molecule has 2 fully saturated rings. The summed E-state index contributed by atoms with van der Waals surface area (Å²) in [5.74, 6) is 0.646. The van der Waals surface area contributed by atoms with Gasteiger partial charge in [0.1, 0.15) is 5.75 Å². The van der Waals surface area contributed by atoms with Gasteiger partial charge in [-0.2, -0.15) is 0 Å². The van der Waals surface area contributed by atoms with Crippen molar-refractivity contribution in [2.24, 2.45) is 0 Å². The van der Waals surface area contributed by atoms with E-state index in [1.165, 1.54) is 6.42 Å².